The number of hydrogen-bond donors (Lipinski definition) is 1. The normalized spacial score (nSPS) is 20.1. The van der Waals surface area contributed by atoms with E-state index < -0.39 is 0 Å². The number of aliphatic imine (C=N–C) groups is 1. The third kappa shape index (κ3) is 2.96. The number of ketones is 1. The van der Waals surface area contributed by atoms with Gasteiger partial charge in [0.25, 0.3) is 0 Å². The Bertz CT molecular complexity index is 1080. The summed E-state index contributed by atoms with van der Waals surface area (Å²) in [6, 6.07) is 7.41. The zero-order valence-corrected chi connectivity index (χ0v) is 16.1. The maximum atomic E-state index is 12.6. The van der Waals surface area contributed by atoms with Crippen LogP contribution in [-0.2, 0) is 11.2 Å². The number of dihydropyridines is 1. The molecule has 0 saturated carbocycles. The molecule has 2 aliphatic rings. The van der Waals surface area contributed by atoms with Crippen molar-refractivity contribution < 1.29 is 9.21 Å². The van der Waals surface area contributed by atoms with Crippen molar-refractivity contribution in [2.24, 2.45) is 4.99 Å². The number of aromatic amines is 1. The lowest BCUT2D eigenvalue weighted by Gasteiger charge is -2.29. The van der Waals surface area contributed by atoms with E-state index in [0.29, 0.717) is 25.2 Å². The van der Waals surface area contributed by atoms with Gasteiger partial charge in [-0.15, -0.1) is 0 Å². The Balaban J connectivity index is 1.53. The molecule has 1 unspecified atom stereocenters. The third-order valence-electron chi connectivity index (χ3n) is 5.15. The molecule has 1 N–H and O–H groups in total. The SMILES string of the molecule is O=C1CCCC2=C1C(c1[nH]ncc1Br)N=C(Cc1nc3ccccc3o1)C2. The number of nitrogens with one attached hydrogen (secondary N) is 1. The summed E-state index contributed by atoms with van der Waals surface area (Å²) < 4.78 is 6.71. The number of nitrogens with zero attached hydrogens (tertiary/aromatic N) is 3. The van der Waals surface area contributed by atoms with Gasteiger partial charge in [-0.1, -0.05) is 17.7 Å². The summed E-state index contributed by atoms with van der Waals surface area (Å²) in [5.41, 5.74) is 5.48. The van der Waals surface area contributed by atoms with Gasteiger partial charge < -0.3 is 4.42 Å². The molecule has 0 bridgehead atoms. The third-order valence-corrected chi connectivity index (χ3v) is 5.79. The van der Waals surface area contributed by atoms with Crippen molar-refractivity contribution in [1.29, 1.82) is 0 Å². The van der Waals surface area contributed by atoms with Gasteiger partial charge in [0.05, 0.1) is 22.8 Å². The summed E-state index contributed by atoms with van der Waals surface area (Å²) in [7, 11) is 0. The molecule has 2 aromatic heterocycles. The lowest BCUT2D eigenvalue weighted by molar-refractivity contribution is -0.116. The van der Waals surface area contributed by atoms with Gasteiger partial charge in [-0.3, -0.25) is 14.9 Å². The van der Waals surface area contributed by atoms with Gasteiger partial charge in [0.15, 0.2) is 11.4 Å². The molecule has 0 spiro atoms. The number of benzene rings is 1. The predicted octanol–water partition coefficient (Wildman–Crippen LogP) is 4.49. The van der Waals surface area contributed by atoms with Crippen LogP contribution in [0.5, 0.6) is 0 Å². The number of halogens is 1. The highest BCUT2D eigenvalue weighted by molar-refractivity contribution is 9.10. The van der Waals surface area contributed by atoms with Crippen molar-refractivity contribution >= 4 is 38.5 Å². The summed E-state index contributed by atoms with van der Waals surface area (Å²) >= 11 is 3.52. The molecule has 1 atom stereocenters. The average molecular weight is 425 g/mol. The van der Waals surface area contributed by atoms with Crippen molar-refractivity contribution in [3.05, 3.63) is 57.7 Å². The van der Waals surface area contributed by atoms with Crippen molar-refractivity contribution in [2.75, 3.05) is 0 Å². The van der Waals surface area contributed by atoms with Gasteiger partial charge in [0, 0.05) is 24.1 Å². The molecule has 0 amide bonds. The number of aromatic nitrogens is 3. The Hall–Kier alpha value is -2.54. The van der Waals surface area contributed by atoms with Crippen LogP contribution in [0.15, 0.2) is 55.5 Å². The monoisotopic (exact) mass is 424 g/mol. The summed E-state index contributed by atoms with van der Waals surface area (Å²) in [5.74, 6) is 0.857. The van der Waals surface area contributed by atoms with Crippen molar-refractivity contribution in [1.82, 2.24) is 15.2 Å². The first-order valence-electron chi connectivity index (χ1n) is 9.03. The Kier molecular flexibility index (Phi) is 4.04. The van der Waals surface area contributed by atoms with E-state index in [1.807, 2.05) is 24.3 Å². The van der Waals surface area contributed by atoms with Gasteiger partial charge in [-0.25, -0.2) is 4.98 Å². The Morgan fingerprint density at radius 3 is 2.96 bits per heavy atom. The number of hydrogen-bond acceptors (Lipinski definition) is 5. The van der Waals surface area contributed by atoms with Crippen molar-refractivity contribution in [3.63, 3.8) is 0 Å². The van der Waals surface area contributed by atoms with Crippen LogP contribution in [0, 0.1) is 0 Å². The number of fused-ring (bicyclic) bond motifs is 1. The van der Waals surface area contributed by atoms with E-state index in [-0.39, 0.29) is 11.8 Å². The minimum Gasteiger partial charge on any atom is -0.440 e. The van der Waals surface area contributed by atoms with Crippen LogP contribution in [-0.4, -0.2) is 26.7 Å². The predicted molar refractivity (Wildman–Crippen MR) is 105 cm³/mol. The van der Waals surface area contributed by atoms with Crippen LogP contribution >= 0.6 is 15.9 Å². The quantitative estimate of drug-likeness (QED) is 0.670. The smallest absolute Gasteiger partial charge is 0.201 e. The van der Waals surface area contributed by atoms with Crippen molar-refractivity contribution in [3.8, 4) is 0 Å². The molecule has 0 saturated heterocycles. The number of carbonyl (C=O) groups excluding carboxylic acids is 1. The number of carbonyl (C=O) groups is 1. The topological polar surface area (TPSA) is 84.1 Å². The summed E-state index contributed by atoms with van der Waals surface area (Å²) in [4.78, 5) is 22.1. The highest BCUT2D eigenvalue weighted by atomic mass is 79.9. The summed E-state index contributed by atoms with van der Waals surface area (Å²) in [6.07, 6.45) is 5.40. The number of rotatable bonds is 3. The minimum atomic E-state index is -0.335. The van der Waals surface area contributed by atoms with E-state index >= 15 is 0 Å². The standard InChI is InChI=1S/C20H17BrN4O2/c21-13-10-22-25-19(13)20-18-11(4-3-6-15(18)26)8-12(23-20)9-17-24-14-5-1-2-7-16(14)27-17/h1-2,5,7,10,20H,3-4,6,8-9H2,(H,22,25). The second kappa shape index (κ2) is 6.56. The number of oxazole rings is 1. The zero-order valence-electron chi connectivity index (χ0n) is 14.5. The molecule has 1 aliphatic heterocycles. The fraction of sp³-hybridized carbons (Fsp3) is 0.300. The van der Waals surface area contributed by atoms with Crippen LogP contribution in [0.3, 0.4) is 0 Å². The molecule has 3 aromatic rings. The first-order chi connectivity index (χ1) is 13.2. The largest absolute Gasteiger partial charge is 0.440 e. The van der Waals surface area contributed by atoms with Crippen molar-refractivity contribution in [2.45, 2.75) is 38.1 Å². The molecule has 1 aromatic carbocycles. The highest BCUT2D eigenvalue weighted by Crippen LogP contribution is 2.41. The van der Waals surface area contributed by atoms with Gasteiger partial charge in [0.2, 0.25) is 5.89 Å². The summed E-state index contributed by atoms with van der Waals surface area (Å²) in [5, 5.41) is 7.10. The van der Waals surface area contributed by atoms with E-state index in [2.05, 4.69) is 31.1 Å². The van der Waals surface area contributed by atoms with Crippen LogP contribution < -0.4 is 0 Å². The van der Waals surface area contributed by atoms with E-state index in [0.717, 1.165) is 45.4 Å². The van der Waals surface area contributed by atoms with Crippen LogP contribution in [0.1, 0.15) is 43.3 Å². The van der Waals surface area contributed by atoms with Crippen LogP contribution in [0.4, 0.5) is 0 Å². The fourth-order valence-corrected chi connectivity index (χ4v) is 4.37. The maximum Gasteiger partial charge on any atom is 0.201 e. The van der Waals surface area contributed by atoms with E-state index in [1.165, 1.54) is 5.57 Å². The van der Waals surface area contributed by atoms with Gasteiger partial charge in [-0.2, -0.15) is 5.10 Å². The number of allylic oxidation sites excluding steroid dienone is 1. The molecule has 1 aliphatic carbocycles. The molecule has 0 radical (unpaired) electrons. The van der Waals surface area contributed by atoms with Gasteiger partial charge in [0.1, 0.15) is 11.6 Å². The molecular weight excluding hydrogens is 408 g/mol. The van der Waals surface area contributed by atoms with Gasteiger partial charge in [-0.05, 0) is 40.9 Å². The maximum absolute atomic E-state index is 12.6. The molecule has 27 heavy (non-hydrogen) atoms. The first kappa shape index (κ1) is 16.6. The molecule has 5 rings (SSSR count). The molecule has 0 fully saturated rings. The van der Waals surface area contributed by atoms with Gasteiger partial charge >= 0.3 is 0 Å². The number of para-hydroxylation sites is 2. The van der Waals surface area contributed by atoms with Crippen LogP contribution in [0.2, 0.25) is 0 Å². The Morgan fingerprint density at radius 1 is 1.26 bits per heavy atom. The second-order valence-corrected chi connectivity index (χ2v) is 7.81. The van der Waals surface area contributed by atoms with E-state index in [9.17, 15) is 4.79 Å². The molecule has 6 nitrogen and oxygen atoms in total. The second-order valence-electron chi connectivity index (χ2n) is 6.95. The van der Waals surface area contributed by atoms with E-state index in [4.69, 9.17) is 9.41 Å². The zero-order chi connectivity index (χ0) is 18.4. The molecular formula is C20H17BrN4O2. The first-order valence-corrected chi connectivity index (χ1v) is 9.82. The molecule has 7 heteroatoms. The van der Waals surface area contributed by atoms with E-state index in [1.54, 1.807) is 6.20 Å². The lowest BCUT2D eigenvalue weighted by atomic mass is 9.81. The average Bonchev–Trinajstić information content (AvgIpc) is 3.26. The minimum absolute atomic E-state index is 0.201. The van der Waals surface area contributed by atoms with Crippen LogP contribution in [0.25, 0.3) is 11.1 Å². The summed E-state index contributed by atoms with van der Waals surface area (Å²) in [6.45, 7) is 0. The number of Topliss-reactive ketones (excluding diaryl/α,β-unsaturated/α-hetero) is 1. The molecule has 3 heterocycles. The fourth-order valence-electron chi connectivity index (χ4n) is 3.96. The number of H-pyrrole nitrogens is 1. The Morgan fingerprint density at radius 2 is 2.15 bits per heavy atom. The highest BCUT2D eigenvalue weighted by Gasteiger charge is 2.34. The lowest BCUT2D eigenvalue weighted by Crippen LogP contribution is -2.24. The Labute approximate surface area is 163 Å². The molecule has 136 valence electrons.